The molecule has 84 valence electrons. The number of hydrogen-bond donors (Lipinski definition) is 0. The topological polar surface area (TPSA) is 18.5 Å². The van der Waals surface area contributed by atoms with Crippen molar-refractivity contribution in [3.05, 3.63) is 28.8 Å². The maximum Gasteiger partial charge on any atom is 0.122 e. The lowest BCUT2D eigenvalue weighted by Crippen LogP contribution is -2.06. The van der Waals surface area contributed by atoms with E-state index >= 15 is 0 Å². The molecule has 2 heteroatoms. The van der Waals surface area contributed by atoms with E-state index in [0.717, 1.165) is 12.2 Å². The van der Waals surface area contributed by atoms with Gasteiger partial charge >= 0.3 is 0 Å². The van der Waals surface area contributed by atoms with Crippen molar-refractivity contribution in [1.29, 1.82) is 0 Å². The Morgan fingerprint density at radius 1 is 1.07 bits per heavy atom. The highest BCUT2D eigenvalue weighted by Crippen LogP contribution is 2.23. The Kier molecular flexibility index (Phi) is 4.63. The van der Waals surface area contributed by atoms with Crippen molar-refractivity contribution in [1.82, 2.24) is 0 Å². The highest BCUT2D eigenvalue weighted by Gasteiger charge is 2.04. The molecule has 0 N–H and O–H groups in total. The van der Waals surface area contributed by atoms with Crippen LogP contribution in [0.4, 0.5) is 0 Å². The van der Waals surface area contributed by atoms with Crippen LogP contribution >= 0.6 is 0 Å². The third-order valence-corrected chi connectivity index (χ3v) is 2.56. The fraction of sp³-hybridized carbons (Fsp3) is 0.538. The standard InChI is InChI=1S/C13H20O2/c1-5-12-9-13(15-7-6-14-4)11(3)8-10(12)2/h8-9H,5-7H2,1-4H3. The van der Waals surface area contributed by atoms with Gasteiger partial charge in [0.1, 0.15) is 12.4 Å². The number of benzene rings is 1. The lowest BCUT2D eigenvalue weighted by Gasteiger charge is -2.12. The van der Waals surface area contributed by atoms with Gasteiger partial charge in [-0.05, 0) is 43.0 Å². The lowest BCUT2D eigenvalue weighted by atomic mass is 10.0. The van der Waals surface area contributed by atoms with Crippen LogP contribution in [0.1, 0.15) is 23.6 Å². The summed E-state index contributed by atoms with van der Waals surface area (Å²) in [6.07, 6.45) is 1.05. The zero-order valence-electron chi connectivity index (χ0n) is 10.1. The monoisotopic (exact) mass is 208 g/mol. The Labute approximate surface area is 92.2 Å². The first-order valence-electron chi connectivity index (χ1n) is 5.41. The number of ether oxygens (including phenoxy) is 2. The molecule has 0 radical (unpaired) electrons. The molecule has 15 heavy (non-hydrogen) atoms. The maximum absolute atomic E-state index is 5.65. The van der Waals surface area contributed by atoms with Crippen molar-refractivity contribution in [2.24, 2.45) is 0 Å². The quantitative estimate of drug-likeness (QED) is 0.693. The van der Waals surface area contributed by atoms with E-state index in [2.05, 4.69) is 32.9 Å². The molecule has 0 bridgehead atoms. The first-order valence-corrected chi connectivity index (χ1v) is 5.41. The van der Waals surface area contributed by atoms with Crippen molar-refractivity contribution in [2.45, 2.75) is 27.2 Å². The molecular formula is C13H20O2. The fourth-order valence-electron chi connectivity index (χ4n) is 1.65. The summed E-state index contributed by atoms with van der Waals surface area (Å²) in [6.45, 7) is 7.63. The average Bonchev–Trinajstić information content (AvgIpc) is 2.21. The Bertz CT molecular complexity index is 319. The molecule has 0 aliphatic heterocycles. The van der Waals surface area contributed by atoms with Gasteiger partial charge in [0, 0.05) is 7.11 Å². The van der Waals surface area contributed by atoms with Gasteiger partial charge in [-0.1, -0.05) is 13.0 Å². The minimum atomic E-state index is 0.615. The van der Waals surface area contributed by atoms with Crippen LogP contribution in [-0.2, 0) is 11.2 Å². The molecule has 0 spiro atoms. The summed E-state index contributed by atoms with van der Waals surface area (Å²) < 4.78 is 10.6. The molecule has 1 aromatic rings. The number of rotatable bonds is 5. The SMILES string of the molecule is CCc1cc(OCCOC)c(C)cc1C. The van der Waals surface area contributed by atoms with Crippen LogP contribution in [0, 0.1) is 13.8 Å². The fourth-order valence-corrected chi connectivity index (χ4v) is 1.65. The number of hydrogen-bond acceptors (Lipinski definition) is 2. The van der Waals surface area contributed by atoms with Gasteiger partial charge in [0.15, 0.2) is 0 Å². The zero-order chi connectivity index (χ0) is 11.3. The third-order valence-electron chi connectivity index (χ3n) is 2.56. The largest absolute Gasteiger partial charge is 0.491 e. The van der Waals surface area contributed by atoms with E-state index in [4.69, 9.17) is 9.47 Å². The molecule has 0 aliphatic rings. The van der Waals surface area contributed by atoms with Gasteiger partial charge < -0.3 is 9.47 Å². The molecule has 0 saturated carbocycles. The lowest BCUT2D eigenvalue weighted by molar-refractivity contribution is 0.146. The van der Waals surface area contributed by atoms with Gasteiger partial charge in [0.25, 0.3) is 0 Å². The average molecular weight is 208 g/mol. The minimum absolute atomic E-state index is 0.615. The van der Waals surface area contributed by atoms with Crippen LogP contribution in [0.3, 0.4) is 0 Å². The van der Waals surface area contributed by atoms with Crippen molar-refractivity contribution < 1.29 is 9.47 Å². The molecule has 0 aliphatic carbocycles. The van der Waals surface area contributed by atoms with E-state index in [9.17, 15) is 0 Å². The van der Waals surface area contributed by atoms with E-state index in [1.807, 2.05) is 0 Å². The van der Waals surface area contributed by atoms with Gasteiger partial charge in [-0.15, -0.1) is 0 Å². The summed E-state index contributed by atoms with van der Waals surface area (Å²) >= 11 is 0. The molecule has 0 heterocycles. The summed E-state index contributed by atoms with van der Waals surface area (Å²) in [5, 5.41) is 0. The molecule has 0 atom stereocenters. The molecule has 0 aromatic heterocycles. The summed E-state index contributed by atoms with van der Waals surface area (Å²) in [5.41, 5.74) is 3.89. The Morgan fingerprint density at radius 3 is 2.40 bits per heavy atom. The second kappa shape index (κ2) is 5.76. The maximum atomic E-state index is 5.65. The third kappa shape index (κ3) is 3.24. The van der Waals surface area contributed by atoms with Gasteiger partial charge in [0.05, 0.1) is 6.61 Å². The second-order valence-electron chi connectivity index (χ2n) is 3.74. The highest BCUT2D eigenvalue weighted by atomic mass is 16.5. The van der Waals surface area contributed by atoms with Crippen molar-refractivity contribution in [3.8, 4) is 5.75 Å². The van der Waals surface area contributed by atoms with Gasteiger partial charge in [-0.2, -0.15) is 0 Å². The van der Waals surface area contributed by atoms with Crippen molar-refractivity contribution in [3.63, 3.8) is 0 Å². The van der Waals surface area contributed by atoms with Crippen LogP contribution in [0.2, 0.25) is 0 Å². The van der Waals surface area contributed by atoms with Crippen LogP contribution < -0.4 is 4.74 Å². The first kappa shape index (κ1) is 12.1. The number of aryl methyl sites for hydroxylation is 3. The predicted molar refractivity (Wildman–Crippen MR) is 62.7 cm³/mol. The normalized spacial score (nSPS) is 10.4. The molecule has 0 saturated heterocycles. The summed E-state index contributed by atoms with van der Waals surface area (Å²) in [7, 11) is 1.68. The molecule has 0 fully saturated rings. The zero-order valence-corrected chi connectivity index (χ0v) is 10.1. The molecule has 0 amide bonds. The van der Waals surface area contributed by atoms with E-state index < -0.39 is 0 Å². The Balaban J connectivity index is 2.78. The van der Waals surface area contributed by atoms with Crippen molar-refractivity contribution in [2.75, 3.05) is 20.3 Å². The van der Waals surface area contributed by atoms with Crippen LogP contribution in [0.25, 0.3) is 0 Å². The van der Waals surface area contributed by atoms with Gasteiger partial charge in [-0.25, -0.2) is 0 Å². The molecule has 1 rings (SSSR count). The summed E-state index contributed by atoms with van der Waals surface area (Å²) in [6, 6.07) is 4.32. The van der Waals surface area contributed by atoms with Crippen molar-refractivity contribution >= 4 is 0 Å². The van der Waals surface area contributed by atoms with Crippen LogP contribution in [0.15, 0.2) is 12.1 Å². The molecule has 1 aromatic carbocycles. The molecular weight excluding hydrogens is 188 g/mol. The second-order valence-corrected chi connectivity index (χ2v) is 3.74. The highest BCUT2D eigenvalue weighted by molar-refractivity contribution is 5.41. The molecule has 0 unspecified atom stereocenters. The van der Waals surface area contributed by atoms with E-state index in [1.54, 1.807) is 7.11 Å². The summed E-state index contributed by atoms with van der Waals surface area (Å²) in [5.74, 6) is 0.981. The minimum Gasteiger partial charge on any atom is -0.491 e. The van der Waals surface area contributed by atoms with E-state index in [-0.39, 0.29) is 0 Å². The first-order chi connectivity index (χ1) is 7.19. The smallest absolute Gasteiger partial charge is 0.122 e. The Hall–Kier alpha value is -1.02. The van der Waals surface area contributed by atoms with Gasteiger partial charge in [-0.3, -0.25) is 0 Å². The summed E-state index contributed by atoms with van der Waals surface area (Å²) in [4.78, 5) is 0. The van der Waals surface area contributed by atoms with Crippen LogP contribution in [-0.4, -0.2) is 20.3 Å². The predicted octanol–water partition coefficient (Wildman–Crippen LogP) is 2.89. The van der Waals surface area contributed by atoms with E-state index in [1.165, 1.54) is 16.7 Å². The van der Waals surface area contributed by atoms with Gasteiger partial charge in [0.2, 0.25) is 0 Å². The Morgan fingerprint density at radius 2 is 1.80 bits per heavy atom. The molecule has 2 nitrogen and oxygen atoms in total. The van der Waals surface area contributed by atoms with E-state index in [0.29, 0.717) is 13.2 Å². The number of methoxy groups -OCH3 is 1. The van der Waals surface area contributed by atoms with Crippen LogP contribution in [0.5, 0.6) is 5.75 Å².